The Morgan fingerprint density at radius 2 is 1.79 bits per heavy atom. The van der Waals surface area contributed by atoms with Crippen LogP contribution in [0.25, 0.3) is 5.73 Å². The Hall–Kier alpha value is -0.834. The number of benzene rings is 1. The van der Waals surface area contributed by atoms with Crippen LogP contribution in [0, 0.1) is 11.9 Å². The summed E-state index contributed by atoms with van der Waals surface area (Å²) in [6.07, 6.45) is 5.82. The molecule has 0 unspecified atom stereocenters. The number of aromatic nitrogens is 1. The largest absolute Gasteiger partial charge is 1.00 e. The molecule has 156 valence electrons. The van der Waals surface area contributed by atoms with E-state index in [9.17, 15) is 14.0 Å². The van der Waals surface area contributed by atoms with Gasteiger partial charge in [0, 0.05) is 26.1 Å². The molecule has 1 N–H and O–H groups in total. The zero-order chi connectivity index (χ0) is 21.4. The van der Waals surface area contributed by atoms with Crippen LogP contribution in [0.5, 0.6) is 0 Å². The summed E-state index contributed by atoms with van der Waals surface area (Å²) >= 11 is 0. The van der Waals surface area contributed by atoms with Gasteiger partial charge < -0.3 is 19.8 Å². The summed E-state index contributed by atoms with van der Waals surface area (Å²) < 4.78 is 18.5. The first kappa shape index (κ1) is 30.4. The minimum absolute atomic E-state index is 0. The standard InChI is InChI=1S/C9H11N2O2.C7H16O.C6H4F.K/c1-3-8-6(5-12)7(10)4-9(13)11(8)2;1-3-5-7-8-6-4-2;7-6-4-2-1-3-5-6;/h4H,3H2,1-2H3,(H2,10,13);3-7H2,1-2H3;2-5H;/q-1;;-1;+1/p-1. The summed E-state index contributed by atoms with van der Waals surface area (Å²) in [4.78, 5) is 21.7. The number of unbranched alkanes of at least 4 members (excludes halogenated alkanes) is 1. The molecule has 29 heavy (non-hydrogen) atoms. The number of nitrogens with one attached hydrogen (secondary N) is 1. The molecule has 0 spiro atoms. The van der Waals surface area contributed by atoms with E-state index in [4.69, 9.17) is 10.5 Å². The van der Waals surface area contributed by atoms with Crippen molar-refractivity contribution >= 4 is 12.0 Å². The van der Waals surface area contributed by atoms with Gasteiger partial charge in [0.1, 0.15) is 0 Å². The average molecular weight is 429 g/mol. The van der Waals surface area contributed by atoms with Gasteiger partial charge in [-0.15, -0.1) is 17.7 Å². The molecule has 2 aromatic rings. The van der Waals surface area contributed by atoms with Crippen molar-refractivity contribution in [3.8, 4) is 0 Å². The van der Waals surface area contributed by atoms with Crippen molar-refractivity contribution in [3.63, 3.8) is 0 Å². The molecular formula is C22H30FKN2O3-2. The van der Waals surface area contributed by atoms with Crippen LogP contribution in [0.1, 0.15) is 51.3 Å². The minimum Gasteiger partial charge on any atom is -0.756 e. The van der Waals surface area contributed by atoms with E-state index in [2.05, 4.69) is 19.9 Å². The Morgan fingerprint density at radius 3 is 2.21 bits per heavy atom. The van der Waals surface area contributed by atoms with E-state index >= 15 is 0 Å². The number of halogens is 1. The van der Waals surface area contributed by atoms with E-state index in [0.29, 0.717) is 12.1 Å². The Kier molecular flexibility index (Phi) is 20.0. The smallest absolute Gasteiger partial charge is 0.756 e. The van der Waals surface area contributed by atoms with E-state index in [1.807, 2.05) is 6.92 Å². The number of rotatable bonds is 7. The molecule has 2 rings (SSSR count). The predicted molar refractivity (Wildman–Crippen MR) is 111 cm³/mol. The summed E-state index contributed by atoms with van der Waals surface area (Å²) in [7, 11) is 1.58. The van der Waals surface area contributed by atoms with Crippen molar-refractivity contribution in [2.75, 3.05) is 13.2 Å². The second kappa shape index (κ2) is 19.1. The van der Waals surface area contributed by atoms with E-state index in [0.717, 1.165) is 25.7 Å². The molecule has 0 fully saturated rings. The molecule has 1 aromatic heterocycles. The molecule has 0 amide bonds. The molecule has 5 nitrogen and oxygen atoms in total. The second-order valence-electron chi connectivity index (χ2n) is 5.92. The fourth-order valence-electron chi connectivity index (χ4n) is 2.14. The first-order valence-electron chi connectivity index (χ1n) is 9.44. The molecule has 7 heteroatoms. The van der Waals surface area contributed by atoms with Crippen molar-refractivity contribution in [3.05, 3.63) is 69.6 Å². The van der Waals surface area contributed by atoms with Crippen molar-refractivity contribution in [2.24, 2.45) is 7.05 Å². The van der Waals surface area contributed by atoms with Gasteiger partial charge >= 0.3 is 51.4 Å². The molecule has 0 aliphatic carbocycles. The van der Waals surface area contributed by atoms with Crippen LogP contribution in [0.2, 0.25) is 0 Å². The third kappa shape index (κ3) is 13.2. The van der Waals surface area contributed by atoms with Gasteiger partial charge in [0.25, 0.3) is 0 Å². The van der Waals surface area contributed by atoms with Crippen molar-refractivity contribution in [1.82, 2.24) is 4.57 Å². The first-order chi connectivity index (χ1) is 13.4. The van der Waals surface area contributed by atoms with E-state index < -0.39 is 0 Å². The van der Waals surface area contributed by atoms with Crippen molar-refractivity contribution < 1.29 is 65.3 Å². The van der Waals surface area contributed by atoms with Gasteiger partial charge in [-0.1, -0.05) is 45.4 Å². The zero-order valence-electron chi connectivity index (χ0n) is 18.2. The third-order valence-corrected chi connectivity index (χ3v) is 3.67. The van der Waals surface area contributed by atoms with Crippen molar-refractivity contribution in [1.29, 1.82) is 0 Å². The third-order valence-electron chi connectivity index (χ3n) is 3.67. The van der Waals surface area contributed by atoms with Crippen LogP contribution >= 0.6 is 0 Å². The Morgan fingerprint density at radius 1 is 1.17 bits per heavy atom. The summed E-state index contributed by atoms with van der Waals surface area (Å²) in [6, 6.07) is 9.61. The fraction of sp³-hybridized carbons (Fsp3) is 0.455. The number of pyridine rings is 1. The fourth-order valence-corrected chi connectivity index (χ4v) is 2.14. The second-order valence-corrected chi connectivity index (χ2v) is 5.92. The maximum absolute atomic E-state index is 11.9. The maximum Gasteiger partial charge on any atom is 1.00 e. The van der Waals surface area contributed by atoms with E-state index in [-0.39, 0.29) is 74.0 Å². The van der Waals surface area contributed by atoms with Gasteiger partial charge in [0.15, 0.2) is 0 Å². The molecule has 1 aromatic carbocycles. The summed E-state index contributed by atoms with van der Waals surface area (Å²) in [6.45, 7) is 8.01. The van der Waals surface area contributed by atoms with Crippen LogP contribution in [-0.2, 0) is 23.0 Å². The van der Waals surface area contributed by atoms with Crippen molar-refractivity contribution in [2.45, 2.75) is 46.5 Å². The molecule has 0 saturated carbocycles. The first-order valence-corrected chi connectivity index (χ1v) is 9.44. The van der Waals surface area contributed by atoms with Crippen LogP contribution < -0.4 is 56.9 Å². The van der Waals surface area contributed by atoms with E-state index in [1.54, 1.807) is 13.3 Å². The Balaban J connectivity index is 0. The number of carbonyl (C=O) groups excluding carboxylic acids is 1. The molecule has 0 aliphatic rings. The number of nitrogens with zero attached hydrogens (tertiary/aromatic N) is 1. The summed E-state index contributed by atoms with van der Waals surface area (Å²) in [5, 5.41) is 0. The quantitative estimate of drug-likeness (QED) is 0.384. The van der Waals surface area contributed by atoms with Crippen LogP contribution in [-0.4, -0.2) is 24.1 Å². The Labute approximate surface area is 216 Å². The van der Waals surface area contributed by atoms with Crippen LogP contribution in [0.15, 0.2) is 35.1 Å². The number of hydrogen-bond donors (Lipinski definition) is 0. The average Bonchev–Trinajstić information content (AvgIpc) is 2.69. The molecule has 0 radical (unpaired) electrons. The predicted octanol–water partition coefficient (Wildman–Crippen LogP) is 1.93. The minimum atomic E-state index is -0.263. The number of ether oxygens (including phenoxy) is 1. The van der Waals surface area contributed by atoms with Gasteiger partial charge in [0.05, 0.1) is 6.29 Å². The normalized spacial score (nSPS) is 9.28. The molecular weight excluding hydrogens is 398 g/mol. The van der Waals surface area contributed by atoms with Gasteiger partial charge in [-0.05, 0) is 12.8 Å². The van der Waals surface area contributed by atoms with Gasteiger partial charge in [-0.3, -0.25) is 4.79 Å². The molecule has 0 atom stereocenters. The van der Waals surface area contributed by atoms with Gasteiger partial charge in [-0.2, -0.15) is 18.2 Å². The Bertz CT molecular complexity index is 731. The summed E-state index contributed by atoms with van der Waals surface area (Å²) in [5.41, 5.74) is 7.81. The van der Waals surface area contributed by atoms with Gasteiger partial charge in [0.2, 0.25) is 5.56 Å². The SMILES string of the molecule is CCCCOCCC.CCc1c([C-]=O)c([NH-])cc(=O)n1C.Fc1cc[c-]cc1.[K+]. The zero-order valence-corrected chi connectivity index (χ0v) is 21.3. The molecule has 0 saturated heterocycles. The van der Waals surface area contributed by atoms with Gasteiger partial charge in [-0.25, -0.2) is 10.1 Å². The number of hydrogen-bond acceptors (Lipinski definition) is 3. The van der Waals surface area contributed by atoms with Crippen LogP contribution in [0.3, 0.4) is 0 Å². The molecule has 0 aliphatic heterocycles. The maximum atomic E-state index is 11.9. The monoisotopic (exact) mass is 428 g/mol. The summed E-state index contributed by atoms with van der Waals surface area (Å²) in [5.74, 6) is -0.209. The topological polar surface area (TPSA) is 72.1 Å². The van der Waals surface area contributed by atoms with Crippen LogP contribution in [0.4, 0.5) is 10.1 Å². The molecule has 1 heterocycles. The van der Waals surface area contributed by atoms with E-state index in [1.165, 1.54) is 41.7 Å². The molecule has 0 bridgehead atoms.